The second-order valence-corrected chi connectivity index (χ2v) is 4.26. The molecule has 2 aromatic heterocycles. The van der Waals surface area contributed by atoms with Crippen LogP contribution in [0, 0.1) is 0 Å². The first-order chi connectivity index (χ1) is 9.33. The summed E-state index contributed by atoms with van der Waals surface area (Å²) in [6, 6.07) is 6.01. The monoisotopic (exact) mass is 251 g/mol. The maximum Gasteiger partial charge on any atom is 0.0907 e. The zero-order valence-corrected chi connectivity index (χ0v) is 10.5. The lowest BCUT2D eigenvalue weighted by Crippen LogP contribution is -2.08. The van der Waals surface area contributed by atoms with Crippen LogP contribution in [0.15, 0.2) is 49.2 Å². The first-order valence-electron chi connectivity index (χ1n) is 6.06. The first kappa shape index (κ1) is 11.5. The van der Waals surface area contributed by atoms with Gasteiger partial charge in [0.25, 0.3) is 0 Å². The Morgan fingerprint density at radius 3 is 2.53 bits per heavy atom. The van der Waals surface area contributed by atoms with Gasteiger partial charge in [0, 0.05) is 30.5 Å². The van der Waals surface area contributed by atoms with E-state index in [9.17, 15) is 0 Å². The molecular weight excluding hydrogens is 238 g/mol. The zero-order valence-electron chi connectivity index (χ0n) is 10.5. The second-order valence-electron chi connectivity index (χ2n) is 4.26. The third kappa shape index (κ3) is 2.49. The molecule has 0 saturated heterocycles. The lowest BCUT2D eigenvalue weighted by molar-refractivity contribution is 0.828. The number of anilines is 1. The molecule has 94 valence electrons. The van der Waals surface area contributed by atoms with Crippen molar-refractivity contribution in [3.8, 4) is 0 Å². The van der Waals surface area contributed by atoms with Crippen molar-refractivity contribution in [2.45, 2.75) is 13.0 Å². The van der Waals surface area contributed by atoms with Gasteiger partial charge in [0.1, 0.15) is 0 Å². The molecule has 0 fully saturated rings. The average molecular weight is 251 g/mol. The highest BCUT2D eigenvalue weighted by molar-refractivity contribution is 5.78. The Hall–Kier alpha value is -2.56. The largest absolute Gasteiger partial charge is 0.377 e. The van der Waals surface area contributed by atoms with E-state index in [1.807, 2.05) is 25.1 Å². The van der Waals surface area contributed by atoms with Gasteiger partial charge in [0.15, 0.2) is 0 Å². The molecule has 5 heteroatoms. The van der Waals surface area contributed by atoms with Crippen LogP contribution in [0.2, 0.25) is 0 Å². The third-order valence-corrected chi connectivity index (χ3v) is 2.88. The van der Waals surface area contributed by atoms with Crippen molar-refractivity contribution >= 4 is 16.7 Å². The fourth-order valence-electron chi connectivity index (χ4n) is 1.91. The fraction of sp³-hybridized carbons (Fsp3) is 0.143. The van der Waals surface area contributed by atoms with Crippen molar-refractivity contribution in [1.29, 1.82) is 0 Å². The van der Waals surface area contributed by atoms with Crippen LogP contribution in [0.4, 0.5) is 5.69 Å². The molecule has 0 aliphatic carbocycles. The van der Waals surface area contributed by atoms with Crippen molar-refractivity contribution < 1.29 is 0 Å². The van der Waals surface area contributed by atoms with Crippen molar-refractivity contribution in [2.75, 3.05) is 5.32 Å². The van der Waals surface area contributed by atoms with E-state index >= 15 is 0 Å². The number of nitrogens with one attached hydrogen (secondary N) is 1. The van der Waals surface area contributed by atoms with Crippen molar-refractivity contribution in [3.63, 3.8) is 0 Å². The number of hydrogen-bond acceptors (Lipinski definition) is 5. The Kier molecular flexibility index (Phi) is 3.02. The van der Waals surface area contributed by atoms with Crippen molar-refractivity contribution in [1.82, 2.24) is 19.9 Å². The molecule has 3 rings (SSSR count). The molecule has 1 unspecified atom stereocenters. The normalized spacial score (nSPS) is 12.3. The van der Waals surface area contributed by atoms with Crippen LogP contribution in [0.1, 0.15) is 18.7 Å². The number of fused-ring (bicyclic) bond motifs is 1. The Bertz CT molecular complexity index is 683. The van der Waals surface area contributed by atoms with Gasteiger partial charge in [-0.1, -0.05) is 0 Å². The van der Waals surface area contributed by atoms with E-state index in [1.54, 1.807) is 31.0 Å². The maximum atomic E-state index is 4.29. The predicted molar refractivity (Wildman–Crippen MR) is 73.6 cm³/mol. The van der Waals surface area contributed by atoms with Crippen LogP contribution >= 0.6 is 0 Å². The van der Waals surface area contributed by atoms with Crippen LogP contribution in [-0.2, 0) is 0 Å². The summed E-state index contributed by atoms with van der Waals surface area (Å²) in [7, 11) is 0. The number of benzene rings is 1. The Balaban J connectivity index is 1.85. The van der Waals surface area contributed by atoms with E-state index in [4.69, 9.17) is 0 Å². The molecule has 0 bridgehead atoms. The molecule has 0 amide bonds. The maximum absolute atomic E-state index is 4.29. The Morgan fingerprint density at radius 1 is 0.947 bits per heavy atom. The number of hydrogen-bond donors (Lipinski definition) is 1. The topological polar surface area (TPSA) is 63.6 Å². The number of rotatable bonds is 3. The summed E-state index contributed by atoms with van der Waals surface area (Å²) < 4.78 is 0. The molecule has 1 N–H and O–H groups in total. The molecule has 3 aromatic rings. The van der Waals surface area contributed by atoms with Crippen LogP contribution in [0.3, 0.4) is 0 Å². The molecule has 19 heavy (non-hydrogen) atoms. The number of aromatic nitrogens is 4. The molecule has 2 heterocycles. The summed E-state index contributed by atoms with van der Waals surface area (Å²) in [6.45, 7) is 2.05. The third-order valence-electron chi connectivity index (χ3n) is 2.88. The molecule has 1 atom stereocenters. The minimum absolute atomic E-state index is 0.0859. The highest BCUT2D eigenvalue weighted by atomic mass is 14.9. The van der Waals surface area contributed by atoms with E-state index in [2.05, 4.69) is 25.3 Å². The molecule has 0 spiro atoms. The summed E-state index contributed by atoms with van der Waals surface area (Å²) in [4.78, 5) is 16.9. The second kappa shape index (κ2) is 4.97. The standard InChI is InChI=1S/C14H13N5/c1-10(14-9-15-4-5-18-14)19-11-2-3-12-13(8-11)17-7-6-16-12/h2-10,19H,1H3. The molecule has 0 aliphatic rings. The van der Waals surface area contributed by atoms with E-state index in [0.717, 1.165) is 22.4 Å². The fourth-order valence-corrected chi connectivity index (χ4v) is 1.91. The van der Waals surface area contributed by atoms with E-state index in [-0.39, 0.29) is 6.04 Å². The van der Waals surface area contributed by atoms with Crippen molar-refractivity contribution in [3.05, 3.63) is 54.9 Å². The van der Waals surface area contributed by atoms with Gasteiger partial charge >= 0.3 is 0 Å². The lowest BCUT2D eigenvalue weighted by atomic mass is 10.2. The zero-order chi connectivity index (χ0) is 13.1. The van der Waals surface area contributed by atoms with Crippen LogP contribution in [0.25, 0.3) is 11.0 Å². The van der Waals surface area contributed by atoms with Gasteiger partial charge in [-0.3, -0.25) is 19.9 Å². The molecule has 5 nitrogen and oxygen atoms in total. The Labute approximate surface area is 110 Å². The summed E-state index contributed by atoms with van der Waals surface area (Å²) in [6.07, 6.45) is 8.51. The van der Waals surface area contributed by atoms with Gasteiger partial charge in [-0.05, 0) is 25.1 Å². The van der Waals surface area contributed by atoms with Crippen LogP contribution in [-0.4, -0.2) is 19.9 Å². The molecular formula is C14H13N5. The van der Waals surface area contributed by atoms with Crippen LogP contribution in [0.5, 0.6) is 0 Å². The predicted octanol–water partition coefficient (Wildman–Crippen LogP) is 2.59. The average Bonchev–Trinajstić information content (AvgIpc) is 2.48. The quantitative estimate of drug-likeness (QED) is 0.775. The van der Waals surface area contributed by atoms with Gasteiger partial charge in [-0.25, -0.2) is 0 Å². The SMILES string of the molecule is CC(Nc1ccc2nccnc2c1)c1cnccn1. The summed E-state index contributed by atoms with van der Waals surface area (Å²) in [5.74, 6) is 0. The number of nitrogens with zero attached hydrogens (tertiary/aromatic N) is 4. The highest BCUT2D eigenvalue weighted by Gasteiger charge is 2.07. The minimum atomic E-state index is 0.0859. The van der Waals surface area contributed by atoms with Gasteiger partial charge in [-0.2, -0.15) is 0 Å². The summed E-state index contributed by atoms with van der Waals surface area (Å²) >= 11 is 0. The summed E-state index contributed by atoms with van der Waals surface area (Å²) in [5, 5.41) is 3.38. The smallest absolute Gasteiger partial charge is 0.0907 e. The lowest BCUT2D eigenvalue weighted by Gasteiger charge is -2.14. The van der Waals surface area contributed by atoms with E-state index in [0.29, 0.717) is 0 Å². The molecule has 0 saturated carbocycles. The molecule has 0 radical (unpaired) electrons. The first-order valence-corrected chi connectivity index (χ1v) is 6.06. The molecule has 1 aromatic carbocycles. The Morgan fingerprint density at radius 2 is 1.74 bits per heavy atom. The van der Waals surface area contributed by atoms with E-state index in [1.165, 1.54) is 0 Å². The van der Waals surface area contributed by atoms with Crippen molar-refractivity contribution in [2.24, 2.45) is 0 Å². The van der Waals surface area contributed by atoms with Gasteiger partial charge in [-0.15, -0.1) is 0 Å². The molecule has 0 aliphatic heterocycles. The van der Waals surface area contributed by atoms with Gasteiger partial charge in [0.05, 0.1) is 29.0 Å². The highest BCUT2D eigenvalue weighted by Crippen LogP contribution is 2.20. The van der Waals surface area contributed by atoms with Gasteiger partial charge < -0.3 is 5.32 Å². The minimum Gasteiger partial charge on any atom is -0.377 e. The van der Waals surface area contributed by atoms with E-state index < -0.39 is 0 Å². The summed E-state index contributed by atoms with van der Waals surface area (Å²) in [5.41, 5.74) is 3.66. The van der Waals surface area contributed by atoms with Crippen LogP contribution < -0.4 is 5.32 Å². The van der Waals surface area contributed by atoms with Gasteiger partial charge in [0.2, 0.25) is 0 Å².